The van der Waals surface area contributed by atoms with Crippen LogP contribution in [0.3, 0.4) is 0 Å². The zero-order valence-electron chi connectivity index (χ0n) is 9.99. The number of carbonyl (C=O) groups is 2. The third-order valence-electron chi connectivity index (χ3n) is 2.91. The largest absolute Gasteiger partial charge is 0.342 e. The van der Waals surface area contributed by atoms with Gasteiger partial charge in [-0.2, -0.15) is 0 Å². The van der Waals surface area contributed by atoms with Crippen molar-refractivity contribution >= 4 is 11.8 Å². The Kier molecular flexibility index (Phi) is 2.88. The summed E-state index contributed by atoms with van der Waals surface area (Å²) in [5, 5.41) is 5.48. The average molecular weight is 232 g/mol. The van der Waals surface area contributed by atoms with Gasteiger partial charge in [0.1, 0.15) is 11.6 Å². The van der Waals surface area contributed by atoms with Crippen LogP contribution >= 0.6 is 0 Å². The van der Waals surface area contributed by atoms with Gasteiger partial charge in [-0.3, -0.25) is 9.59 Å². The lowest BCUT2D eigenvalue weighted by molar-refractivity contribution is -0.140. The van der Waals surface area contributed by atoms with E-state index < -0.39 is 11.6 Å². The Hall–Kier alpha value is -1.84. The van der Waals surface area contributed by atoms with Gasteiger partial charge in [-0.25, -0.2) is 0 Å². The van der Waals surface area contributed by atoms with Gasteiger partial charge in [0.15, 0.2) is 0 Å². The minimum atomic E-state index is -0.815. The summed E-state index contributed by atoms with van der Waals surface area (Å²) >= 11 is 0. The molecule has 1 aliphatic rings. The lowest BCUT2D eigenvalue weighted by Gasteiger charge is -2.34. The number of amides is 2. The first kappa shape index (κ1) is 11.6. The molecule has 1 aliphatic heterocycles. The van der Waals surface area contributed by atoms with Gasteiger partial charge in [0.25, 0.3) is 0 Å². The number of hydrogen-bond acceptors (Lipinski definition) is 2. The van der Waals surface area contributed by atoms with Crippen molar-refractivity contribution in [2.45, 2.75) is 31.8 Å². The molecule has 4 heteroatoms. The van der Waals surface area contributed by atoms with Crippen molar-refractivity contribution < 1.29 is 9.59 Å². The molecular weight excluding hydrogens is 216 g/mol. The minimum absolute atomic E-state index is 0.126. The minimum Gasteiger partial charge on any atom is -0.342 e. The molecule has 4 nitrogen and oxygen atoms in total. The van der Waals surface area contributed by atoms with E-state index in [4.69, 9.17) is 0 Å². The SMILES string of the molecule is CC1(C)NC(=O)C(Cc2ccccc2)NC1=O. The van der Waals surface area contributed by atoms with Crippen LogP contribution < -0.4 is 10.6 Å². The van der Waals surface area contributed by atoms with Gasteiger partial charge in [-0.15, -0.1) is 0 Å². The Morgan fingerprint density at radius 2 is 1.82 bits per heavy atom. The number of hydrogen-bond donors (Lipinski definition) is 2. The van der Waals surface area contributed by atoms with E-state index in [1.807, 2.05) is 30.3 Å². The van der Waals surface area contributed by atoms with E-state index in [-0.39, 0.29) is 11.8 Å². The molecule has 1 fully saturated rings. The molecule has 2 N–H and O–H groups in total. The first-order valence-electron chi connectivity index (χ1n) is 5.66. The first-order valence-corrected chi connectivity index (χ1v) is 5.66. The lowest BCUT2D eigenvalue weighted by atomic mass is 9.96. The quantitative estimate of drug-likeness (QED) is 0.785. The number of nitrogens with one attached hydrogen (secondary N) is 2. The summed E-state index contributed by atoms with van der Waals surface area (Å²) in [6.45, 7) is 3.39. The molecule has 2 amide bonds. The Bertz CT molecular complexity index is 440. The predicted molar refractivity (Wildman–Crippen MR) is 64.3 cm³/mol. The van der Waals surface area contributed by atoms with Crippen LogP contribution in [0.5, 0.6) is 0 Å². The molecule has 2 rings (SSSR count). The van der Waals surface area contributed by atoms with Crippen LogP contribution in [0.1, 0.15) is 19.4 Å². The van der Waals surface area contributed by atoms with E-state index in [0.717, 1.165) is 5.56 Å². The number of benzene rings is 1. The molecule has 0 aliphatic carbocycles. The van der Waals surface area contributed by atoms with Crippen LogP contribution in [-0.4, -0.2) is 23.4 Å². The molecule has 1 saturated heterocycles. The highest BCUT2D eigenvalue weighted by Crippen LogP contribution is 2.12. The summed E-state index contributed by atoms with van der Waals surface area (Å²) in [4.78, 5) is 23.6. The molecule has 1 atom stereocenters. The van der Waals surface area contributed by atoms with Crippen molar-refractivity contribution in [2.75, 3.05) is 0 Å². The van der Waals surface area contributed by atoms with Crippen LogP contribution in [0, 0.1) is 0 Å². The molecular formula is C13H16N2O2. The highest BCUT2D eigenvalue weighted by atomic mass is 16.2. The van der Waals surface area contributed by atoms with E-state index in [1.165, 1.54) is 0 Å². The molecule has 90 valence electrons. The lowest BCUT2D eigenvalue weighted by Crippen LogP contribution is -2.67. The fraction of sp³-hybridized carbons (Fsp3) is 0.385. The highest BCUT2D eigenvalue weighted by Gasteiger charge is 2.39. The topological polar surface area (TPSA) is 58.2 Å². The molecule has 17 heavy (non-hydrogen) atoms. The normalized spacial score (nSPS) is 22.8. The van der Waals surface area contributed by atoms with Crippen LogP contribution in [0.2, 0.25) is 0 Å². The molecule has 1 aromatic carbocycles. The van der Waals surface area contributed by atoms with Crippen molar-refractivity contribution in [3.63, 3.8) is 0 Å². The maximum atomic E-state index is 11.8. The molecule has 0 aromatic heterocycles. The van der Waals surface area contributed by atoms with Gasteiger partial charge in [-0.05, 0) is 19.4 Å². The van der Waals surface area contributed by atoms with Gasteiger partial charge in [-0.1, -0.05) is 30.3 Å². The fourth-order valence-electron chi connectivity index (χ4n) is 1.85. The monoisotopic (exact) mass is 232 g/mol. The third kappa shape index (κ3) is 2.46. The van der Waals surface area contributed by atoms with E-state index in [1.54, 1.807) is 13.8 Å². The van der Waals surface area contributed by atoms with E-state index in [9.17, 15) is 9.59 Å². The summed E-state index contributed by atoms with van der Waals surface area (Å²) in [5.74, 6) is -0.267. The fourth-order valence-corrected chi connectivity index (χ4v) is 1.85. The van der Waals surface area contributed by atoms with Gasteiger partial charge >= 0.3 is 0 Å². The van der Waals surface area contributed by atoms with Crippen molar-refractivity contribution in [1.82, 2.24) is 10.6 Å². The van der Waals surface area contributed by atoms with Crippen LogP contribution in [0.25, 0.3) is 0 Å². The third-order valence-corrected chi connectivity index (χ3v) is 2.91. The second-order valence-electron chi connectivity index (χ2n) is 4.83. The predicted octanol–water partition coefficient (Wildman–Crippen LogP) is 0.622. The van der Waals surface area contributed by atoms with Crippen molar-refractivity contribution in [3.05, 3.63) is 35.9 Å². The average Bonchev–Trinajstić information content (AvgIpc) is 2.27. The van der Waals surface area contributed by atoms with Crippen molar-refractivity contribution in [1.29, 1.82) is 0 Å². The smallest absolute Gasteiger partial charge is 0.245 e. The maximum Gasteiger partial charge on any atom is 0.245 e. The summed E-state index contributed by atoms with van der Waals surface area (Å²) in [6, 6.07) is 9.17. The Balaban J connectivity index is 2.09. The van der Waals surface area contributed by atoms with Crippen LogP contribution in [0.4, 0.5) is 0 Å². The Morgan fingerprint density at radius 3 is 2.47 bits per heavy atom. The molecule has 1 unspecified atom stereocenters. The molecule has 0 spiro atoms. The molecule has 1 aromatic rings. The maximum absolute atomic E-state index is 11.8. The summed E-state index contributed by atoms with van der Waals surface area (Å²) in [5.41, 5.74) is 0.220. The van der Waals surface area contributed by atoms with Gasteiger partial charge in [0.05, 0.1) is 0 Å². The Morgan fingerprint density at radius 1 is 1.18 bits per heavy atom. The van der Waals surface area contributed by atoms with E-state index >= 15 is 0 Å². The molecule has 0 radical (unpaired) electrons. The zero-order valence-corrected chi connectivity index (χ0v) is 9.99. The number of carbonyl (C=O) groups excluding carboxylic acids is 2. The molecule has 0 saturated carbocycles. The Labute approximate surface area is 100 Å². The standard InChI is InChI=1S/C13H16N2O2/c1-13(2)12(17)14-10(11(16)15-13)8-9-6-4-3-5-7-9/h3-7,10H,8H2,1-2H3,(H,14,17)(H,15,16). The summed E-state index contributed by atoms with van der Waals surface area (Å²) < 4.78 is 0. The second kappa shape index (κ2) is 4.20. The van der Waals surface area contributed by atoms with Crippen LogP contribution in [-0.2, 0) is 16.0 Å². The van der Waals surface area contributed by atoms with E-state index in [2.05, 4.69) is 10.6 Å². The number of rotatable bonds is 2. The molecule has 1 heterocycles. The second-order valence-corrected chi connectivity index (χ2v) is 4.83. The van der Waals surface area contributed by atoms with Crippen molar-refractivity contribution in [3.8, 4) is 0 Å². The van der Waals surface area contributed by atoms with Crippen LogP contribution in [0.15, 0.2) is 30.3 Å². The van der Waals surface area contributed by atoms with Gasteiger partial charge in [0.2, 0.25) is 11.8 Å². The van der Waals surface area contributed by atoms with Gasteiger partial charge in [0, 0.05) is 6.42 Å². The summed E-state index contributed by atoms with van der Waals surface area (Å²) in [6.07, 6.45) is 0.522. The summed E-state index contributed by atoms with van der Waals surface area (Å²) in [7, 11) is 0. The number of piperazine rings is 1. The molecule has 0 bridgehead atoms. The first-order chi connectivity index (χ1) is 7.99. The van der Waals surface area contributed by atoms with Crippen molar-refractivity contribution in [2.24, 2.45) is 0 Å². The van der Waals surface area contributed by atoms with Gasteiger partial charge < -0.3 is 10.6 Å². The van der Waals surface area contributed by atoms with E-state index in [0.29, 0.717) is 6.42 Å². The highest BCUT2D eigenvalue weighted by molar-refractivity contribution is 5.99. The zero-order chi connectivity index (χ0) is 12.5.